The van der Waals surface area contributed by atoms with E-state index in [-0.39, 0.29) is 17.6 Å². The summed E-state index contributed by atoms with van der Waals surface area (Å²) in [7, 11) is 0. The topological polar surface area (TPSA) is 46.2 Å². The number of amides is 1. The molecule has 1 N–H and O–H groups in total. The summed E-state index contributed by atoms with van der Waals surface area (Å²) in [5.41, 5.74) is 1.86. The van der Waals surface area contributed by atoms with E-state index in [2.05, 4.69) is 5.32 Å². The van der Waals surface area contributed by atoms with Crippen molar-refractivity contribution < 1.29 is 9.59 Å². The fraction of sp³-hybridized carbons (Fsp3) is 0.429. The average molecular weight is 233 g/mol. The van der Waals surface area contributed by atoms with Gasteiger partial charge in [0.15, 0.2) is 0 Å². The predicted molar refractivity (Wildman–Crippen MR) is 68.8 cm³/mol. The third-order valence-electron chi connectivity index (χ3n) is 2.71. The Morgan fingerprint density at radius 1 is 1.12 bits per heavy atom. The fourth-order valence-electron chi connectivity index (χ4n) is 1.81. The van der Waals surface area contributed by atoms with Crippen molar-refractivity contribution in [2.45, 2.75) is 27.7 Å². The summed E-state index contributed by atoms with van der Waals surface area (Å²) in [6.45, 7) is 7.19. The van der Waals surface area contributed by atoms with Crippen molar-refractivity contribution in [3.63, 3.8) is 0 Å². The Hall–Kier alpha value is -1.64. The number of Topliss-reactive ketones (excluding diaryl/α,β-unsaturated/α-hetero) is 1. The second-order valence-corrected chi connectivity index (χ2v) is 4.69. The molecule has 0 saturated heterocycles. The highest BCUT2D eigenvalue weighted by molar-refractivity contribution is 6.06. The molecule has 0 aliphatic carbocycles. The summed E-state index contributed by atoms with van der Waals surface area (Å²) in [6, 6.07) is 7.52. The van der Waals surface area contributed by atoms with Crippen LogP contribution in [0.15, 0.2) is 24.3 Å². The van der Waals surface area contributed by atoms with E-state index in [1.807, 2.05) is 45.0 Å². The molecule has 1 amide bonds. The number of aryl methyl sites for hydroxylation is 1. The second kappa shape index (κ2) is 5.62. The first-order chi connectivity index (χ1) is 7.91. The normalized spacial score (nSPS) is 12.3. The van der Waals surface area contributed by atoms with Gasteiger partial charge in [-0.05, 0) is 31.9 Å². The quantitative estimate of drug-likeness (QED) is 0.813. The van der Waals surface area contributed by atoms with Gasteiger partial charge >= 0.3 is 0 Å². The third-order valence-corrected chi connectivity index (χ3v) is 2.71. The monoisotopic (exact) mass is 233 g/mol. The van der Waals surface area contributed by atoms with Crippen LogP contribution in [0.3, 0.4) is 0 Å². The molecule has 0 unspecified atom stereocenters. The van der Waals surface area contributed by atoms with Gasteiger partial charge in [0.25, 0.3) is 0 Å². The molecular weight excluding hydrogens is 214 g/mol. The summed E-state index contributed by atoms with van der Waals surface area (Å²) >= 11 is 0. The summed E-state index contributed by atoms with van der Waals surface area (Å²) in [4.78, 5) is 23.4. The van der Waals surface area contributed by atoms with Crippen molar-refractivity contribution >= 4 is 17.4 Å². The molecule has 3 heteroatoms. The van der Waals surface area contributed by atoms with Crippen LogP contribution in [-0.2, 0) is 9.59 Å². The molecule has 0 aliphatic rings. The van der Waals surface area contributed by atoms with Gasteiger partial charge in [0.2, 0.25) is 5.91 Å². The molecule has 0 bridgehead atoms. The lowest BCUT2D eigenvalue weighted by molar-refractivity contribution is -0.131. The van der Waals surface area contributed by atoms with Crippen molar-refractivity contribution in [3.05, 3.63) is 29.8 Å². The summed E-state index contributed by atoms with van der Waals surface area (Å²) < 4.78 is 0. The van der Waals surface area contributed by atoms with E-state index in [1.165, 1.54) is 6.92 Å². The molecule has 1 rings (SSSR count). The molecule has 1 aromatic carbocycles. The van der Waals surface area contributed by atoms with E-state index in [1.54, 1.807) is 0 Å². The average Bonchev–Trinajstić information content (AvgIpc) is 2.20. The number of nitrogens with one attached hydrogen (secondary N) is 1. The molecule has 1 atom stereocenters. The number of benzene rings is 1. The highest BCUT2D eigenvalue weighted by Gasteiger charge is 2.26. The highest BCUT2D eigenvalue weighted by atomic mass is 16.2. The number of anilines is 1. The number of carbonyl (C=O) groups is 2. The van der Waals surface area contributed by atoms with Crippen LogP contribution >= 0.6 is 0 Å². The number of ketones is 1. The number of hydrogen-bond acceptors (Lipinski definition) is 2. The van der Waals surface area contributed by atoms with Crippen LogP contribution in [0, 0.1) is 18.8 Å². The maximum atomic E-state index is 11.9. The van der Waals surface area contributed by atoms with Crippen molar-refractivity contribution in [3.8, 4) is 0 Å². The van der Waals surface area contributed by atoms with Crippen LogP contribution in [0.4, 0.5) is 5.69 Å². The van der Waals surface area contributed by atoms with Crippen LogP contribution in [0.5, 0.6) is 0 Å². The van der Waals surface area contributed by atoms with Gasteiger partial charge in [0.1, 0.15) is 5.78 Å². The number of rotatable bonds is 4. The standard InChI is InChI=1S/C14H19NO2/c1-9(2)13(11(4)16)14(17)15-12-7-5-10(3)6-8-12/h5-9,13H,1-4H3,(H,15,17)/t13-/m1/s1. The Labute approximate surface area is 102 Å². The minimum Gasteiger partial charge on any atom is -0.325 e. The predicted octanol–water partition coefficient (Wildman–Crippen LogP) is 2.79. The molecule has 0 aliphatic heterocycles. The molecule has 17 heavy (non-hydrogen) atoms. The minimum absolute atomic E-state index is 0.0120. The Morgan fingerprint density at radius 3 is 2.06 bits per heavy atom. The largest absolute Gasteiger partial charge is 0.325 e. The zero-order valence-electron chi connectivity index (χ0n) is 10.8. The molecule has 0 saturated carbocycles. The first-order valence-corrected chi connectivity index (χ1v) is 5.79. The first-order valence-electron chi connectivity index (χ1n) is 5.79. The summed E-state index contributed by atoms with van der Waals surface area (Å²) in [6.07, 6.45) is 0. The van der Waals surface area contributed by atoms with E-state index in [0.29, 0.717) is 0 Å². The SMILES string of the molecule is CC(=O)[C@H](C(=O)Nc1ccc(C)cc1)C(C)C. The molecule has 0 radical (unpaired) electrons. The number of carbonyl (C=O) groups excluding carboxylic acids is 2. The molecule has 0 heterocycles. The van der Waals surface area contributed by atoms with Gasteiger partial charge in [-0.3, -0.25) is 9.59 Å². The lowest BCUT2D eigenvalue weighted by Gasteiger charge is -2.17. The zero-order valence-corrected chi connectivity index (χ0v) is 10.8. The molecule has 1 aromatic rings. The van der Waals surface area contributed by atoms with E-state index >= 15 is 0 Å². The summed E-state index contributed by atoms with van der Waals surface area (Å²) in [5, 5.41) is 2.77. The van der Waals surface area contributed by atoms with Gasteiger partial charge in [-0.15, -0.1) is 0 Å². The van der Waals surface area contributed by atoms with Gasteiger partial charge in [-0.1, -0.05) is 31.5 Å². The van der Waals surface area contributed by atoms with Crippen LogP contribution < -0.4 is 5.32 Å². The van der Waals surface area contributed by atoms with Crippen molar-refractivity contribution in [1.82, 2.24) is 0 Å². The van der Waals surface area contributed by atoms with Gasteiger partial charge in [-0.25, -0.2) is 0 Å². The molecule has 3 nitrogen and oxygen atoms in total. The summed E-state index contributed by atoms with van der Waals surface area (Å²) in [5.74, 6) is -0.879. The molecular formula is C14H19NO2. The van der Waals surface area contributed by atoms with Crippen LogP contribution in [0.25, 0.3) is 0 Å². The van der Waals surface area contributed by atoms with E-state index < -0.39 is 5.92 Å². The van der Waals surface area contributed by atoms with Crippen LogP contribution in [0.1, 0.15) is 26.3 Å². The van der Waals surface area contributed by atoms with Crippen molar-refractivity contribution in [2.75, 3.05) is 5.32 Å². The lowest BCUT2D eigenvalue weighted by Crippen LogP contribution is -2.32. The fourth-order valence-corrected chi connectivity index (χ4v) is 1.81. The van der Waals surface area contributed by atoms with Gasteiger partial charge in [-0.2, -0.15) is 0 Å². The van der Waals surface area contributed by atoms with Gasteiger partial charge < -0.3 is 5.32 Å². The molecule has 0 spiro atoms. The molecule has 0 fully saturated rings. The Balaban J connectivity index is 2.77. The zero-order chi connectivity index (χ0) is 13.0. The first kappa shape index (κ1) is 13.4. The Kier molecular flexibility index (Phi) is 4.44. The van der Waals surface area contributed by atoms with Crippen molar-refractivity contribution in [2.24, 2.45) is 11.8 Å². The molecule has 92 valence electrons. The number of hydrogen-bond donors (Lipinski definition) is 1. The van der Waals surface area contributed by atoms with E-state index in [9.17, 15) is 9.59 Å². The molecule has 0 aromatic heterocycles. The van der Waals surface area contributed by atoms with E-state index in [0.717, 1.165) is 11.3 Å². The lowest BCUT2D eigenvalue weighted by atomic mass is 9.91. The van der Waals surface area contributed by atoms with Crippen LogP contribution in [-0.4, -0.2) is 11.7 Å². The van der Waals surface area contributed by atoms with Crippen molar-refractivity contribution in [1.29, 1.82) is 0 Å². The maximum absolute atomic E-state index is 11.9. The second-order valence-electron chi connectivity index (χ2n) is 4.69. The Bertz CT molecular complexity index is 407. The van der Waals surface area contributed by atoms with Gasteiger partial charge in [0.05, 0.1) is 5.92 Å². The van der Waals surface area contributed by atoms with E-state index in [4.69, 9.17) is 0 Å². The minimum atomic E-state index is -0.573. The third kappa shape index (κ3) is 3.70. The van der Waals surface area contributed by atoms with Gasteiger partial charge in [0, 0.05) is 5.69 Å². The van der Waals surface area contributed by atoms with Crippen LogP contribution in [0.2, 0.25) is 0 Å². The smallest absolute Gasteiger partial charge is 0.235 e. The maximum Gasteiger partial charge on any atom is 0.235 e. The highest BCUT2D eigenvalue weighted by Crippen LogP contribution is 2.16. The Morgan fingerprint density at radius 2 is 1.65 bits per heavy atom.